The maximum atomic E-state index is 6.16. The van der Waals surface area contributed by atoms with Gasteiger partial charge in [0.2, 0.25) is 5.88 Å². The first-order chi connectivity index (χ1) is 11.3. The Bertz CT molecular complexity index is 612. The van der Waals surface area contributed by atoms with E-state index in [1.54, 1.807) is 17.5 Å². The zero-order chi connectivity index (χ0) is 15.5. The molecule has 0 unspecified atom stereocenters. The molecule has 2 aliphatic rings. The van der Waals surface area contributed by atoms with Crippen LogP contribution >= 0.6 is 11.3 Å². The van der Waals surface area contributed by atoms with E-state index < -0.39 is 0 Å². The highest BCUT2D eigenvalue weighted by molar-refractivity contribution is 7.09. The lowest BCUT2D eigenvalue weighted by Gasteiger charge is -2.38. The number of likely N-dealkylation sites (tertiary alicyclic amines) is 1. The van der Waals surface area contributed by atoms with E-state index in [4.69, 9.17) is 9.47 Å². The van der Waals surface area contributed by atoms with Crippen molar-refractivity contribution in [1.29, 1.82) is 0 Å². The average molecular weight is 331 g/mol. The van der Waals surface area contributed by atoms with E-state index in [-0.39, 0.29) is 11.7 Å². The lowest BCUT2D eigenvalue weighted by atomic mass is 9.88. The number of pyridine rings is 1. The Labute approximate surface area is 140 Å². The number of piperidine rings is 1. The van der Waals surface area contributed by atoms with Crippen LogP contribution < -0.4 is 4.74 Å². The molecule has 0 saturated carbocycles. The fraction of sp³-hybridized carbons (Fsp3) is 0.529. The van der Waals surface area contributed by atoms with Crippen molar-refractivity contribution in [2.24, 2.45) is 0 Å². The molecular formula is C17H21N3O2S. The fourth-order valence-corrected chi connectivity index (χ4v) is 4.11. The van der Waals surface area contributed by atoms with Crippen LogP contribution in [0.2, 0.25) is 0 Å². The molecule has 0 bridgehead atoms. The number of rotatable bonds is 4. The summed E-state index contributed by atoms with van der Waals surface area (Å²) in [6.07, 6.45) is 6.87. The predicted octanol–water partition coefficient (Wildman–Crippen LogP) is 2.74. The summed E-state index contributed by atoms with van der Waals surface area (Å²) in [5.41, 5.74) is -0.00117. The minimum Gasteiger partial charge on any atom is -0.472 e. The van der Waals surface area contributed by atoms with Crippen LogP contribution in [0.15, 0.2) is 36.0 Å². The first-order valence-corrected chi connectivity index (χ1v) is 9.02. The zero-order valence-corrected chi connectivity index (χ0v) is 13.9. The largest absolute Gasteiger partial charge is 0.472 e. The van der Waals surface area contributed by atoms with Crippen molar-refractivity contribution in [3.8, 4) is 5.88 Å². The number of thiazole rings is 1. The number of hydrogen-bond donors (Lipinski definition) is 0. The molecule has 4 heterocycles. The summed E-state index contributed by atoms with van der Waals surface area (Å²) in [4.78, 5) is 11.1. The monoisotopic (exact) mass is 331 g/mol. The molecular weight excluding hydrogens is 310 g/mol. The molecule has 0 aromatic carbocycles. The predicted molar refractivity (Wildman–Crippen MR) is 88.6 cm³/mol. The highest BCUT2D eigenvalue weighted by Crippen LogP contribution is 2.37. The van der Waals surface area contributed by atoms with Crippen LogP contribution in [0.1, 0.15) is 24.3 Å². The van der Waals surface area contributed by atoms with Crippen LogP contribution in [-0.2, 0) is 11.3 Å². The van der Waals surface area contributed by atoms with Gasteiger partial charge in [0.25, 0.3) is 0 Å². The Hall–Kier alpha value is -1.50. The molecule has 122 valence electrons. The summed E-state index contributed by atoms with van der Waals surface area (Å²) < 4.78 is 12.1. The van der Waals surface area contributed by atoms with Crippen molar-refractivity contribution < 1.29 is 9.47 Å². The Kier molecular flexibility index (Phi) is 4.29. The molecule has 2 aromatic rings. The summed E-state index contributed by atoms with van der Waals surface area (Å²) >= 11 is 1.73. The molecule has 2 saturated heterocycles. The molecule has 1 spiro atoms. The molecule has 0 N–H and O–H groups in total. The third-order valence-corrected chi connectivity index (χ3v) is 5.47. The maximum Gasteiger partial charge on any atom is 0.213 e. The number of aromatic nitrogens is 2. The van der Waals surface area contributed by atoms with Crippen molar-refractivity contribution >= 4 is 11.3 Å². The van der Waals surface area contributed by atoms with Crippen LogP contribution in [0.5, 0.6) is 5.88 Å². The van der Waals surface area contributed by atoms with E-state index in [1.165, 1.54) is 5.01 Å². The quantitative estimate of drug-likeness (QED) is 0.862. The molecule has 6 heteroatoms. The summed E-state index contributed by atoms with van der Waals surface area (Å²) in [5.74, 6) is 0.694. The Morgan fingerprint density at radius 2 is 2.17 bits per heavy atom. The lowest BCUT2D eigenvalue weighted by Crippen LogP contribution is -2.44. The van der Waals surface area contributed by atoms with Crippen LogP contribution in [0.4, 0.5) is 0 Å². The second-order valence-corrected chi connectivity index (χ2v) is 7.29. The summed E-state index contributed by atoms with van der Waals surface area (Å²) in [6.45, 7) is 3.76. The van der Waals surface area contributed by atoms with E-state index in [0.717, 1.165) is 38.9 Å². The minimum absolute atomic E-state index is 0.00117. The summed E-state index contributed by atoms with van der Waals surface area (Å²) in [7, 11) is 0. The SMILES string of the molecule is c1ccc(O[C@@H]2COC3(CCN(Cc4nccs4)CC3)C2)nc1. The normalized spacial score (nSPS) is 24.1. The van der Waals surface area contributed by atoms with Gasteiger partial charge in [-0.2, -0.15) is 0 Å². The van der Waals surface area contributed by atoms with Gasteiger partial charge in [-0.25, -0.2) is 9.97 Å². The second-order valence-electron chi connectivity index (χ2n) is 6.31. The fourth-order valence-electron chi connectivity index (χ4n) is 3.46. The first-order valence-electron chi connectivity index (χ1n) is 8.14. The van der Waals surface area contributed by atoms with E-state index in [9.17, 15) is 0 Å². The van der Waals surface area contributed by atoms with Gasteiger partial charge in [-0.15, -0.1) is 11.3 Å². The molecule has 5 nitrogen and oxygen atoms in total. The van der Waals surface area contributed by atoms with Crippen molar-refractivity contribution in [2.75, 3.05) is 19.7 Å². The van der Waals surface area contributed by atoms with Gasteiger partial charge in [-0.3, -0.25) is 4.90 Å². The van der Waals surface area contributed by atoms with Gasteiger partial charge in [0.15, 0.2) is 0 Å². The van der Waals surface area contributed by atoms with Gasteiger partial charge in [0.1, 0.15) is 11.1 Å². The van der Waals surface area contributed by atoms with Crippen molar-refractivity contribution in [2.45, 2.75) is 37.5 Å². The Balaban J connectivity index is 1.29. The highest BCUT2D eigenvalue weighted by Gasteiger charge is 2.43. The summed E-state index contributed by atoms with van der Waals surface area (Å²) in [6, 6.07) is 5.75. The summed E-state index contributed by atoms with van der Waals surface area (Å²) in [5, 5.41) is 3.24. The molecule has 0 radical (unpaired) electrons. The Morgan fingerprint density at radius 3 is 2.91 bits per heavy atom. The van der Waals surface area contributed by atoms with Crippen LogP contribution in [-0.4, -0.2) is 46.3 Å². The molecule has 4 rings (SSSR count). The average Bonchev–Trinajstić information content (AvgIpc) is 3.22. The number of hydrogen-bond acceptors (Lipinski definition) is 6. The van der Waals surface area contributed by atoms with Crippen LogP contribution in [0.25, 0.3) is 0 Å². The van der Waals surface area contributed by atoms with Crippen molar-refractivity contribution in [3.05, 3.63) is 41.0 Å². The van der Waals surface area contributed by atoms with E-state index in [0.29, 0.717) is 12.5 Å². The van der Waals surface area contributed by atoms with Gasteiger partial charge >= 0.3 is 0 Å². The van der Waals surface area contributed by atoms with Crippen molar-refractivity contribution in [3.63, 3.8) is 0 Å². The van der Waals surface area contributed by atoms with E-state index in [2.05, 4.69) is 14.9 Å². The first kappa shape index (κ1) is 15.1. The zero-order valence-electron chi connectivity index (χ0n) is 13.1. The van der Waals surface area contributed by atoms with E-state index >= 15 is 0 Å². The molecule has 1 atom stereocenters. The number of ether oxygens (including phenoxy) is 2. The molecule has 2 aromatic heterocycles. The van der Waals surface area contributed by atoms with Gasteiger partial charge in [-0.1, -0.05) is 6.07 Å². The number of nitrogens with zero attached hydrogens (tertiary/aromatic N) is 3. The topological polar surface area (TPSA) is 47.5 Å². The molecule has 0 amide bonds. The van der Waals surface area contributed by atoms with Gasteiger partial charge < -0.3 is 9.47 Å². The third-order valence-electron chi connectivity index (χ3n) is 4.71. The van der Waals surface area contributed by atoms with Crippen molar-refractivity contribution in [1.82, 2.24) is 14.9 Å². The van der Waals surface area contributed by atoms with Gasteiger partial charge in [0.05, 0.1) is 18.8 Å². The standard InChI is InChI=1S/C17H21N3O2S/c1-2-6-18-15(3-1)22-14-11-17(21-13-14)4-8-20(9-5-17)12-16-19-7-10-23-16/h1-3,6-7,10,14H,4-5,8-9,11-13H2/t14-/m0/s1. The lowest BCUT2D eigenvalue weighted by molar-refractivity contribution is -0.0455. The maximum absolute atomic E-state index is 6.16. The smallest absolute Gasteiger partial charge is 0.213 e. The minimum atomic E-state index is -0.00117. The molecule has 2 fully saturated rings. The van der Waals surface area contributed by atoms with Crippen LogP contribution in [0, 0.1) is 0 Å². The Morgan fingerprint density at radius 1 is 1.26 bits per heavy atom. The van der Waals surface area contributed by atoms with E-state index in [1.807, 2.05) is 29.8 Å². The molecule has 23 heavy (non-hydrogen) atoms. The van der Waals surface area contributed by atoms with Gasteiger partial charge in [0, 0.05) is 43.4 Å². The third kappa shape index (κ3) is 3.54. The van der Waals surface area contributed by atoms with Gasteiger partial charge in [-0.05, 0) is 18.9 Å². The second kappa shape index (κ2) is 6.55. The molecule has 2 aliphatic heterocycles. The van der Waals surface area contributed by atoms with Crippen LogP contribution in [0.3, 0.4) is 0 Å². The highest BCUT2D eigenvalue weighted by atomic mass is 32.1. The molecule has 0 aliphatic carbocycles.